The van der Waals surface area contributed by atoms with Crippen LogP contribution < -0.4 is 5.73 Å². The number of hydrogen-bond donors (Lipinski definition) is 1. The van der Waals surface area contributed by atoms with E-state index in [1.54, 1.807) is 0 Å². The summed E-state index contributed by atoms with van der Waals surface area (Å²) in [6.45, 7) is 8.33. The highest BCUT2D eigenvalue weighted by Gasteiger charge is 2.35. The number of nitrogens with two attached hydrogens (primary N) is 1. The van der Waals surface area contributed by atoms with Crippen LogP contribution in [0.2, 0.25) is 0 Å². The number of carbonyl (C=O) groups excluding carboxylic acids is 1. The third-order valence-corrected chi connectivity index (χ3v) is 4.02. The minimum Gasteiger partial charge on any atom is -0.342 e. The van der Waals surface area contributed by atoms with Gasteiger partial charge in [0.15, 0.2) is 0 Å². The molecule has 3 nitrogen and oxygen atoms in total. The van der Waals surface area contributed by atoms with Crippen molar-refractivity contribution in [2.24, 2.45) is 11.1 Å². The van der Waals surface area contributed by atoms with Crippen LogP contribution in [0.15, 0.2) is 24.3 Å². The van der Waals surface area contributed by atoms with Gasteiger partial charge < -0.3 is 10.6 Å². The maximum Gasteiger partial charge on any atom is 0.230 e. The molecule has 19 heavy (non-hydrogen) atoms. The van der Waals surface area contributed by atoms with Gasteiger partial charge in [-0.25, -0.2) is 0 Å². The summed E-state index contributed by atoms with van der Waals surface area (Å²) in [6.07, 6.45) is 0.883. The first-order valence-corrected chi connectivity index (χ1v) is 7.05. The number of amides is 1. The lowest BCUT2D eigenvalue weighted by Gasteiger charge is -2.37. The van der Waals surface area contributed by atoms with Gasteiger partial charge in [-0.2, -0.15) is 0 Å². The number of nitrogens with zero attached hydrogens (tertiary/aromatic N) is 1. The van der Waals surface area contributed by atoms with E-state index in [1.165, 1.54) is 11.1 Å². The molecule has 104 valence electrons. The first-order valence-electron chi connectivity index (χ1n) is 7.05. The molecule has 1 atom stereocenters. The molecule has 1 unspecified atom stereocenters. The van der Waals surface area contributed by atoms with Gasteiger partial charge in [0.2, 0.25) is 5.91 Å². The standard InChI is InChI=1S/C16H24N2O/c1-4-18(11-16(2,3)10-17)15(19)14-9-12-7-5-6-8-13(12)14/h5-8,14H,4,9-11,17H2,1-3H3. The van der Waals surface area contributed by atoms with Crippen molar-refractivity contribution in [1.82, 2.24) is 4.90 Å². The Labute approximate surface area is 115 Å². The van der Waals surface area contributed by atoms with E-state index in [4.69, 9.17) is 5.73 Å². The molecular weight excluding hydrogens is 236 g/mol. The van der Waals surface area contributed by atoms with E-state index in [1.807, 2.05) is 24.0 Å². The molecule has 1 amide bonds. The number of hydrogen-bond acceptors (Lipinski definition) is 2. The molecule has 0 heterocycles. The van der Waals surface area contributed by atoms with Gasteiger partial charge in [0, 0.05) is 13.1 Å². The predicted octanol–water partition coefficient (Wildman–Crippen LogP) is 2.16. The average Bonchev–Trinajstić information content (AvgIpc) is 2.37. The monoisotopic (exact) mass is 260 g/mol. The van der Waals surface area contributed by atoms with Crippen LogP contribution in [0.5, 0.6) is 0 Å². The Morgan fingerprint density at radius 3 is 2.68 bits per heavy atom. The zero-order chi connectivity index (χ0) is 14.0. The topological polar surface area (TPSA) is 46.3 Å². The summed E-state index contributed by atoms with van der Waals surface area (Å²) in [5, 5.41) is 0. The van der Waals surface area contributed by atoms with Crippen LogP contribution in [0.3, 0.4) is 0 Å². The molecule has 0 bridgehead atoms. The molecule has 1 aromatic carbocycles. The molecule has 0 saturated carbocycles. The van der Waals surface area contributed by atoms with E-state index in [-0.39, 0.29) is 17.2 Å². The maximum atomic E-state index is 12.6. The van der Waals surface area contributed by atoms with Gasteiger partial charge in [0.05, 0.1) is 5.92 Å². The van der Waals surface area contributed by atoms with Gasteiger partial charge in [-0.05, 0) is 36.4 Å². The summed E-state index contributed by atoms with van der Waals surface area (Å²) >= 11 is 0. The van der Waals surface area contributed by atoms with Crippen molar-refractivity contribution in [2.45, 2.75) is 33.1 Å². The predicted molar refractivity (Wildman–Crippen MR) is 78.0 cm³/mol. The Morgan fingerprint density at radius 1 is 1.42 bits per heavy atom. The lowest BCUT2D eigenvalue weighted by molar-refractivity contribution is -0.134. The summed E-state index contributed by atoms with van der Waals surface area (Å²) in [6, 6.07) is 8.23. The second-order valence-electron chi connectivity index (χ2n) is 6.18. The minimum absolute atomic E-state index is 0.0189. The average molecular weight is 260 g/mol. The first-order chi connectivity index (χ1) is 8.98. The van der Waals surface area contributed by atoms with Gasteiger partial charge in [0.25, 0.3) is 0 Å². The molecule has 3 heteroatoms. The maximum absolute atomic E-state index is 12.6. The summed E-state index contributed by atoms with van der Waals surface area (Å²) in [5.41, 5.74) is 8.27. The summed E-state index contributed by atoms with van der Waals surface area (Å²) in [5.74, 6) is 0.312. The Balaban J connectivity index is 2.07. The summed E-state index contributed by atoms with van der Waals surface area (Å²) in [7, 11) is 0. The van der Waals surface area contributed by atoms with Crippen LogP contribution in [-0.2, 0) is 11.2 Å². The van der Waals surface area contributed by atoms with E-state index in [9.17, 15) is 4.79 Å². The van der Waals surface area contributed by atoms with E-state index in [0.29, 0.717) is 6.54 Å². The van der Waals surface area contributed by atoms with E-state index < -0.39 is 0 Å². The number of likely N-dealkylation sites (N-methyl/N-ethyl adjacent to an activating group) is 1. The number of benzene rings is 1. The fourth-order valence-corrected chi connectivity index (χ4v) is 2.63. The van der Waals surface area contributed by atoms with Crippen molar-refractivity contribution in [3.63, 3.8) is 0 Å². The van der Waals surface area contributed by atoms with Crippen LogP contribution in [0.1, 0.15) is 37.8 Å². The van der Waals surface area contributed by atoms with E-state index in [2.05, 4.69) is 26.0 Å². The molecule has 0 aromatic heterocycles. The quantitative estimate of drug-likeness (QED) is 0.882. The highest BCUT2D eigenvalue weighted by Crippen LogP contribution is 2.36. The van der Waals surface area contributed by atoms with Crippen LogP contribution in [0.4, 0.5) is 0 Å². The van der Waals surface area contributed by atoms with Crippen LogP contribution in [0, 0.1) is 5.41 Å². The smallest absolute Gasteiger partial charge is 0.230 e. The molecule has 0 aliphatic heterocycles. The molecular formula is C16H24N2O. The lowest BCUT2D eigenvalue weighted by atomic mass is 9.76. The van der Waals surface area contributed by atoms with Gasteiger partial charge in [0.1, 0.15) is 0 Å². The molecule has 1 aliphatic rings. The lowest BCUT2D eigenvalue weighted by Crippen LogP contribution is -2.45. The molecule has 1 aliphatic carbocycles. The molecule has 0 radical (unpaired) electrons. The molecule has 0 spiro atoms. The number of carbonyl (C=O) groups is 1. The minimum atomic E-state index is -0.0189. The Morgan fingerprint density at radius 2 is 2.11 bits per heavy atom. The van der Waals surface area contributed by atoms with E-state index >= 15 is 0 Å². The summed E-state index contributed by atoms with van der Waals surface area (Å²) in [4.78, 5) is 14.5. The second kappa shape index (κ2) is 5.33. The van der Waals surface area contributed by atoms with E-state index in [0.717, 1.165) is 19.5 Å². The molecule has 2 rings (SSSR count). The fourth-order valence-electron chi connectivity index (χ4n) is 2.63. The largest absolute Gasteiger partial charge is 0.342 e. The fraction of sp³-hybridized carbons (Fsp3) is 0.562. The third-order valence-electron chi connectivity index (χ3n) is 4.02. The molecule has 0 fully saturated rings. The van der Waals surface area contributed by atoms with Gasteiger partial charge >= 0.3 is 0 Å². The zero-order valence-corrected chi connectivity index (χ0v) is 12.1. The SMILES string of the molecule is CCN(CC(C)(C)CN)C(=O)C1Cc2ccccc21. The zero-order valence-electron chi connectivity index (χ0n) is 12.1. The van der Waals surface area contributed by atoms with Crippen molar-refractivity contribution < 1.29 is 4.79 Å². The van der Waals surface area contributed by atoms with Crippen molar-refractivity contribution in [3.8, 4) is 0 Å². The first kappa shape index (κ1) is 14.1. The van der Waals surface area contributed by atoms with Crippen LogP contribution in [0.25, 0.3) is 0 Å². The van der Waals surface area contributed by atoms with Crippen molar-refractivity contribution in [1.29, 1.82) is 0 Å². The normalized spacial score (nSPS) is 17.6. The third kappa shape index (κ3) is 2.81. The highest BCUT2D eigenvalue weighted by molar-refractivity contribution is 5.87. The summed E-state index contributed by atoms with van der Waals surface area (Å²) < 4.78 is 0. The Bertz CT molecular complexity index is 468. The van der Waals surface area contributed by atoms with Crippen LogP contribution in [-0.4, -0.2) is 30.4 Å². The van der Waals surface area contributed by atoms with Crippen LogP contribution >= 0.6 is 0 Å². The Hall–Kier alpha value is -1.35. The van der Waals surface area contributed by atoms with Crippen molar-refractivity contribution in [3.05, 3.63) is 35.4 Å². The molecule has 2 N–H and O–H groups in total. The highest BCUT2D eigenvalue weighted by atomic mass is 16.2. The Kier molecular flexibility index (Phi) is 3.95. The molecule has 1 aromatic rings. The van der Waals surface area contributed by atoms with Crippen molar-refractivity contribution >= 4 is 5.91 Å². The van der Waals surface area contributed by atoms with Crippen molar-refractivity contribution in [2.75, 3.05) is 19.6 Å². The van der Waals surface area contributed by atoms with Gasteiger partial charge in [-0.3, -0.25) is 4.79 Å². The van der Waals surface area contributed by atoms with Gasteiger partial charge in [-0.15, -0.1) is 0 Å². The van der Waals surface area contributed by atoms with Gasteiger partial charge in [-0.1, -0.05) is 38.1 Å². The number of rotatable bonds is 5. The molecule has 0 saturated heterocycles. The number of fused-ring (bicyclic) bond motifs is 1. The second-order valence-corrected chi connectivity index (χ2v) is 6.18.